The molecule has 126 valence electrons. The number of aliphatic hydroxyl groups is 1. The molecular formula is C19H20FNO3. The third kappa shape index (κ3) is 3.47. The summed E-state index contributed by atoms with van der Waals surface area (Å²) in [7, 11) is 1.61. The van der Waals surface area contributed by atoms with Crippen molar-refractivity contribution >= 4 is 5.91 Å². The minimum absolute atomic E-state index is 0.140. The maximum Gasteiger partial charge on any atom is 0.254 e. The Hall–Kier alpha value is -2.24. The minimum Gasteiger partial charge on any atom is -0.391 e. The van der Waals surface area contributed by atoms with Gasteiger partial charge in [-0.2, -0.15) is 0 Å². The van der Waals surface area contributed by atoms with Gasteiger partial charge in [0.05, 0.1) is 18.8 Å². The fourth-order valence-electron chi connectivity index (χ4n) is 3.17. The molecule has 1 aliphatic rings. The van der Waals surface area contributed by atoms with E-state index < -0.39 is 6.10 Å². The van der Waals surface area contributed by atoms with Gasteiger partial charge in [-0.05, 0) is 41.8 Å². The molecule has 3 rings (SSSR count). The summed E-state index contributed by atoms with van der Waals surface area (Å²) in [6, 6.07) is 13.1. The summed E-state index contributed by atoms with van der Waals surface area (Å²) in [5.41, 5.74) is 2.31. The molecule has 0 aromatic heterocycles. The molecule has 2 atom stereocenters. The van der Waals surface area contributed by atoms with Gasteiger partial charge in [-0.25, -0.2) is 4.39 Å². The molecule has 5 heteroatoms. The third-order valence-corrected chi connectivity index (χ3v) is 4.28. The Bertz CT molecular complexity index is 717. The molecule has 1 aliphatic heterocycles. The molecule has 4 nitrogen and oxygen atoms in total. The number of ether oxygens (including phenoxy) is 1. The number of methoxy groups -OCH3 is 1. The Morgan fingerprint density at radius 3 is 2.75 bits per heavy atom. The van der Waals surface area contributed by atoms with E-state index in [9.17, 15) is 14.3 Å². The summed E-state index contributed by atoms with van der Waals surface area (Å²) >= 11 is 0. The highest BCUT2D eigenvalue weighted by Crippen LogP contribution is 2.33. The maximum atomic E-state index is 13.1. The van der Waals surface area contributed by atoms with Crippen LogP contribution in [0.25, 0.3) is 0 Å². The molecule has 0 spiro atoms. The van der Waals surface area contributed by atoms with Crippen LogP contribution in [0, 0.1) is 5.82 Å². The first-order valence-corrected chi connectivity index (χ1v) is 7.91. The predicted molar refractivity (Wildman–Crippen MR) is 88.0 cm³/mol. The first-order chi connectivity index (χ1) is 11.6. The molecule has 0 saturated carbocycles. The normalized spacial score (nSPS) is 20.4. The quantitative estimate of drug-likeness (QED) is 0.938. The lowest BCUT2D eigenvalue weighted by molar-refractivity contribution is 0.0715. The van der Waals surface area contributed by atoms with E-state index in [2.05, 4.69) is 0 Å². The van der Waals surface area contributed by atoms with E-state index in [1.54, 1.807) is 36.3 Å². The first-order valence-electron chi connectivity index (χ1n) is 7.91. The van der Waals surface area contributed by atoms with Crippen molar-refractivity contribution in [1.82, 2.24) is 4.90 Å². The number of likely N-dealkylation sites (tertiary alicyclic amines) is 1. The van der Waals surface area contributed by atoms with Crippen LogP contribution in [0.3, 0.4) is 0 Å². The number of carbonyl (C=O) groups excluding carboxylic acids is 1. The summed E-state index contributed by atoms with van der Waals surface area (Å²) < 4.78 is 18.3. The molecule has 0 aliphatic carbocycles. The van der Waals surface area contributed by atoms with E-state index in [4.69, 9.17) is 4.74 Å². The molecule has 0 radical (unpaired) electrons. The van der Waals surface area contributed by atoms with Crippen molar-refractivity contribution in [3.05, 3.63) is 71.0 Å². The van der Waals surface area contributed by atoms with Gasteiger partial charge in [-0.1, -0.05) is 24.3 Å². The van der Waals surface area contributed by atoms with Gasteiger partial charge in [0, 0.05) is 19.2 Å². The van der Waals surface area contributed by atoms with Gasteiger partial charge in [0.2, 0.25) is 0 Å². The lowest BCUT2D eigenvalue weighted by Gasteiger charge is -2.25. The van der Waals surface area contributed by atoms with Crippen molar-refractivity contribution in [2.45, 2.75) is 25.2 Å². The van der Waals surface area contributed by atoms with Crippen LogP contribution in [-0.2, 0) is 11.3 Å². The zero-order valence-electron chi connectivity index (χ0n) is 13.5. The molecular weight excluding hydrogens is 309 g/mol. The van der Waals surface area contributed by atoms with Crippen molar-refractivity contribution < 1.29 is 19.0 Å². The second-order valence-electron chi connectivity index (χ2n) is 6.05. The number of β-amino-alcohol motifs (C(OH)–C–C–N with tert-alkyl or cyclic N) is 1. The standard InChI is InChI=1S/C19H20FNO3/c1-24-12-13-3-2-4-15(9-13)19(23)21-11-17(22)10-18(21)14-5-7-16(20)8-6-14/h2-9,17-18,22H,10-12H2,1H3. The topological polar surface area (TPSA) is 49.8 Å². The van der Waals surface area contributed by atoms with Crippen LogP contribution in [0.2, 0.25) is 0 Å². The number of hydrogen-bond donors (Lipinski definition) is 1. The molecule has 1 amide bonds. The first kappa shape index (κ1) is 16.6. The monoisotopic (exact) mass is 329 g/mol. The lowest BCUT2D eigenvalue weighted by Crippen LogP contribution is -2.31. The Labute approximate surface area is 140 Å². The van der Waals surface area contributed by atoms with E-state index >= 15 is 0 Å². The van der Waals surface area contributed by atoms with Crippen molar-refractivity contribution in [1.29, 1.82) is 0 Å². The van der Waals surface area contributed by atoms with Gasteiger partial charge in [-0.3, -0.25) is 4.79 Å². The van der Waals surface area contributed by atoms with Gasteiger partial charge < -0.3 is 14.7 Å². The number of aliphatic hydroxyl groups excluding tert-OH is 1. The molecule has 1 saturated heterocycles. The second kappa shape index (κ2) is 7.11. The van der Waals surface area contributed by atoms with Crippen LogP contribution in [0.4, 0.5) is 4.39 Å². The molecule has 24 heavy (non-hydrogen) atoms. The van der Waals surface area contributed by atoms with Crippen LogP contribution >= 0.6 is 0 Å². The van der Waals surface area contributed by atoms with E-state index in [1.807, 2.05) is 12.1 Å². The van der Waals surface area contributed by atoms with Crippen LogP contribution in [-0.4, -0.2) is 35.7 Å². The van der Waals surface area contributed by atoms with E-state index in [-0.39, 0.29) is 24.3 Å². The molecule has 0 bridgehead atoms. The molecule has 1 heterocycles. The Kier molecular flexibility index (Phi) is 4.92. The highest BCUT2D eigenvalue weighted by molar-refractivity contribution is 5.95. The van der Waals surface area contributed by atoms with Crippen molar-refractivity contribution in [3.63, 3.8) is 0 Å². The average Bonchev–Trinajstić information content (AvgIpc) is 2.97. The number of carbonyl (C=O) groups is 1. The van der Waals surface area contributed by atoms with Crippen LogP contribution in [0.1, 0.15) is 33.9 Å². The largest absolute Gasteiger partial charge is 0.391 e. The van der Waals surface area contributed by atoms with Crippen molar-refractivity contribution in [2.24, 2.45) is 0 Å². The van der Waals surface area contributed by atoms with Gasteiger partial charge >= 0.3 is 0 Å². The van der Waals surface area contributed by atoms with E-state index in [0.29, 0.717) is 18.6 Å². The van der Waals surface area contributed by atoms with Gasteiger partial charge in [0.15, 0.2) is 0 Å². The second-order valence-corrected chi connectivity index (χ2v) is 6.05. The summed E-state index contributed by atoms with van der Waals surface area (Å²) in [6.45, 7) is 0.709. The smallest absolute Gasteiger partial charge is 0.254 e. The highest BCUT2D eigenvalue weighted by Gasteiger charge is 2.35. The zero-order valence-corrected chi connectivity index (χ0v) is 13.5. The average molecular weight is 329 g/mol. The Morgan fingerprint density at radius 2 is 2.04 bits per heavy atom. The molecule has 2 aromatic rings. The van der Waals surface area contributed by atoms with Crippen LogP contribution < -0.4 is 0 Å². The molecule has 2 unspecified atom stereocenters. The van der Waals surface area contributed by atoms with Gasteiger partial charge in [-0.15, -0.1) is 0 Å². The fraction of sp³-hybridized carbons (Fsp3) is 0.316. The number of halogens is 1. The molecule has 2 aromatic carbocycles. The Balaban J connectivity index is 1.86. The highest BCUT2D eigenvalue weighted by atomic mass is 19.1. The molecule has 1 fully saturated rings. The lowest BCUT2D eigenvalue weighted by atomic mass is 10.0. The van der Waals surface area contributed by atoms with Gasteiger partial charge in [0.25, 0.3) is 5.91 Å². The number of rotatable bonds is 4. The van der Waals surface area contributed by atoms with Gasteiger partial charge in [0.1, 0.15) is 5.82 Å². The summed E-state index contributed by atoms with van der Waals surface area (Å²) in [6.07, 6.45) is -0.124. The summed E-state index contributed by atoms with van der Waals surface area (Å²) in [5.74, 6) is -0.457. The van der Waals surface area contributed by atoms with Crippen LogP contribution in [0.5, 0.6) is 0 Å². The maximum absolute atomic E-state index is 13.1. The predicted octanol–water partition coefficient (Wildman–Crippen LogP) is 2.92. The Morgan fingerprint density at radius 1 is 1.29 bits per heavy atom. The molecule has 1 N–H and O–H groups in total. The van der Waals surface area contributed by atoms with E-state index in [1.165, 1.54) is 12.1 Å². The fourth-order valence-corrected chi connectivity index (χ4v) is 3.17. The summed E-state index contributed by atoms with van der Waals surface area (Å²) in [5, 5.41) is 10.0. The van der Waals surface area contributed by atoms with Crippen molar-refractivity contribution in [3.8, 4) is 0 Å². The number of benzene rings is 2. The minimum atomic E-state index is -0.578. The number of amides is 1. The van der Waals surface area contributed by atoms with E-state index in [0.717, 1.165) is 11.1 Å². The number of nitrogens with zero attached hydrogens (tertiary/aromatic N) is 1. The number of hydrogen-bond acceptors (Lipinski definition) is 3. The SMILES string of the molecule is COCc1cccc(C(=O)N2CC(O)CC2c2ccc(F)cc2)c1. The van der Waals surface area contributed by atoms with Crippen molar-refractivity contribution in [2.75, 3.05) is 13.7 Å². The summed E-state index contributed by atoms with van der Waals surface area (Å²) in [4.78, 5) is 14.6. The third-order valence-electron chi connectivity index (χ3n) is 4.28. The zero-order chi connectivity index (χ0) is 17.1. The van der Waals surface area contributed by atoms with Crippen LogP contribution in [0.15, 0.2) is 48.5 Å².